The van der Waals surface area contributed by atoms with E-state index in [1.165, 1.54) is 17.4 Å². The third-order valence-corrected chi connectivity index (χ3v) is 4.17. The van der Waals surface area contributed by atoms with Crippen LogP contribution in [-0.4, -0.2) is 0 Å². The number of halogens is 2. The summed E-state index contributed by atoms with van der Waals surface area (Å²) in [5.41, 5.74) is 0.775. The van der Waals surface area contributed by atoms with Crippen LogP contribution in [0.4, 0.5) is 4.39 Å². The van der Waals surface area contributed by atoms with Crippen LogP contribution in [0.3, 0.4) is 0 Å². The van der Waals surface area contributed by atoms with Crippen molar-refractivity contribution in [1.82, 2.24) is 0 Å². The molecule has 1 heterocycles. The molecule has 14 heavy (non-hydrogen) atoms. The Balaban J connectivity index is 2.76. The molecule has 4 heteroatoms. The van der Waals surface area contributed by atoms with Crippen molar-refractivity contribution in [2.24, 2.45) is 0 Å². The summed E-state index contributed by atoms with van der Waals surface area (Å²) in [5.74, 6) is -0.222. The van der Waals surface area contributed by atoms with E-state index in [1.54, 1.807) is 0 Å². The fourth-order valence-electron chi connectivity index (χ4n) is 1.34. The van der Waals surface area contributed by atoms with Crippen molar-refractivity contribution in [2.75, 3.05) is 0 Å². The highest BCUT2D eigenvalue weighted by molar-refractivity contribution is 14.1. The minimum absolute atomic E-state index is 0.222. The summed E-state index contributed by atoms with van der Waals surface area (Å²) in [5, 5.41) is 11.4. The Morgan fingerprint density at radius 1 is 1.57 bits per heavy atom. The monoisotopic (exact) mass is 317 g/mol. The lowest BCUT2D eigenvalue weighted by atomic mass is 10.1. The molecule has 2 aromatic rings. The fraction of sp³-hybridized carbons (Fsp3) is 0.100. The molecular weight excluding hydrogens is 312 g/mol. The van der Waals surface area contributed by atoms with Gasteiger partial charge in [-0.1, -0.05) is 0 Å². The normalized spacial score (nSPS) is 10.4. The molecule has 0 bridgehead atoms. The first-order valence-corrected chi connectivity index (χ1v) is 5.91. The van der Waals surface area contributed by atoms with E-state index in [1.807, 2.05) is 17.5 Å². The number of nitrogens with zero attached hydrogens (tertiary/aromatic N) is 1. The van der Waals surface area contributed by atoms with E-state index in [0.717, 1.165) is 14.5 Å². The second-order valence-electron chi connectivity index (χ2n) is 2.83. The van der Waals surface area contributed by atoms with E-state index < -0.39 is 0 Å². The summed E-state index contributed by atoms with van der Waals surface area (Å²) in [4.78, 5) is 0. The van der Waals surface area contributed by atoms with Gasteiger partial charge in [0.2, 0.25) is 0 Å². The number of nitriles is 1. The highest BCUT2D eigenvalue weighted by Crippen LogP contribution is 2.30. The molecule has 0 aliphatic carbocycles. The lowest BCUT2D eigenvalue weighted by Crippen LogP contribution is -1.90. The Morgan fingerprint density at radius 3 is 3.07 bits per heavy atom. The van der Waals surface area contributed by atoms with Gasteiger partial charge in [0.05, 0.1) is 17.2 Å². The molecule has 0 atom stereocenters. The number of benzene rings is 1. The molecule has 0 amide bonds. The number of hydrogen-bond donors (Lipinski definition) is 0. The van der Waals surface area contributed by atoms with Gasteiger partial charge in [0, 0.05) is 8.96 Å². The smallest absolute Gasteiger partial charge is 0.141 e. The van der Waals surface area contributed by atoms with E-state index in [4.69, 9.17) is 5.26 Å². The number of hydrogen-bond acceptors (Lipinski definition) is 2. The summed E-state index contributed by atoms with van der Waals surface area (Å²) in [6, 6.07) is 5.40. The predicted octanol–water partition coefficient (Wildman–Crippen LogP) is 3.71. The largest absolute Gasteiger partial charge is 0.205 e. The average Bonchev–Trinajstić information content (AvgIpc) is 2.63. The third-order valence-electron chi connectivity index (χ3n) is 1.97. The Bertz CT molecular complexity index is 527. The summed E-state index contributed by atoms with van der Waals surface area (Å²) in [6.07, 6.45) is 0.265. The van der Waals surface area contributed by atoms with Crippen LogP contribution in [0, 0.1) is 20.7 Å². The maximum atomic E-state index is 13.5. The van der Waals surface area contributed by atoms with Gasteiger partial charge in [-0.25, -0.2) is 4.39 Å². The molecule has 1 aromatic carbocycles. The highest BCUT2D eigenvalue weighted by Gasteiger charge is 2.10. The van der Waals surface area contributed by atoms with E-state index in [9.17, 15) is 4.39 Å². The van der Waals surface area contributed by atoms with Gasteiger partial charge in [-0.15, -0.1) is 11.3 Å². The average molecular weight is 317 g/mol. The van der Waals surface area contributed by atoms with Crippen LogP contribution in [0.15, 0.2) is 17.5 Å². The van der Waals surface area contributed by atoms with Gasteiger partial charge in [-0.05, 0) is 45.7 Å². The second-order valence-corrected chi connectivity index (χ2v) is 4.82. The molecule has 0 saturated carbocycles. The van der Waals surface area contributed by atoms with Gasteiger partial charge >= 0.3 is 0 Å². The second kappa shape index (κ2) is 3.83. The molecule has 1 aromatic heterocycles. The van der Waals surface area contributed by atoms with Crippen molar-refractivity contribution in [3.63, 3.8) is 0 Å². The van der Waals surface area contributed by atoms with Crippen LogP contribution in [-0.2, 0) is 6.42 Å². The number of thiophene rings is 1. The van der Waals surface area contributed by atoms with Gasteiger partial charge in [-0.3, -0.25) is 0 Å². The first kappa shape index (κ1) is 9.87. The molecule has 0 aliphatic rings. The molecule has 0 unspecified atom stereocenters. The predicted molar refractivity (Wildman–Crippen MR) is 63.8 cm³/mol. The van der Waals surface area contributed by atoms with Crippen molar-refractivity contribution in [3.05, 3.63) is 32.5 Å². The summed E-state index contributed by atoms with van der Waals surface area (Å²) in [6.45, 7) is 0. The Morgan fingerprint density at radius 2 is 2.36 bits per heavy atom. The van der Waals surface area contributed by atoms with Crippen LogP contribution in [0.25, 0.3) is 10.1 Å². The number of fused-ring (bicyclic) bond motifs is 1. The molecule has 0 saturated heterocycles. The maximum Gasteiger partial charge on any atom is 0.141 e. The van der Waals surface area contributed by atoms with Gasteiger partial charge in [0.25, 0.3) is 0 Å². The highest BCUT2D eigenvalue weighted by atomic mass is 127. The lowest BCUT2D eigenvalue weighted by Gasteiger charge is -2.02. The quantitative estimate of drug-likeness (QED) is 0.736. The van der Waals surface area contributed by atoms with Gasteiger partial charge < -0.3 is 0 Å². The molecule has 70 valence electrons. The molecule has 0 fully saturated rings. The van der Waals surface area contributed by atoms with Gasteiger partial charge in [-0.2, -0.15) is 5.26 Å². The summed E-state index contributed by atoms with van der Waals surface area (Å²) >= 11 is 3.56. The maximum absolute atomic E-state index is 13.5. The van der Waals surface area contributed by atoms with Crippen molar-refractivity contribution in [3.8, 4) is 6.07 Å². The SMILES string of the molecule is N#CCc1cc(F)c2sccc2c1I. The standard InChI is InChI=1S/C10H5FINS/c11-8-5-6(1-3-13)9(12)7-2-4-14-10(7)8/h2,4-5H,1H2. The third kappa shape index (κ3) is 1.51. The molecule has 2 rings (SSSR count). The molecule has 0 N–H and O–H groups in total. The first-order chi connectivity index (χ1) is 6.74. The van der Waals surface area contributed by atoms with Crippen LogP contribution in [0.1, 0.15) is 5.56 Å². The Labute approximate surface area is 98.3 Å². The zero-order chi connectivity index (χ0) is 10.1. The minimum atomic E-state index is -0.222. The topological polar surface area (TPSA) is 23.8 Å². The Hall–Kier alpha value is -0.670. The first-order valence-electron chi connectivity index (χ1n) is 3.95. The lowest BCUT2D eigenvalue weighted by molar-refractivity contribution is 0.640. The van der Waals surface area contributed by atoms with Crippen molar-refractivity contribution >= 4 is 44.0 Å². The van der Waals surface area contributed by atoms with Gasteiger partial charge in [0.15, 0.2) is 0 Å². The van der Waals surface area contributed by atoms with E-state index in [2.05, 4.69) is 22.6 Å². The molecule has 0 aliphatic heterocycles. The van der Waals surface area contributed by atoms with Crippen molar-refractivity contribution in [2.45, 2.75) is 6.42 Å². The van der Waals surface area contributed by atoms with Gasteiger partial charge in [0.1, 0.15) is 5.82 Å². The fourth-order valence-corrected chi connectivity index (χ4v) is 3.12. The van der Waals surface area contributed by atoms with Crippen LogP contribution >= 0.6 is 33.9 Å². The zero-order valence-corrected chi connectivity index (χ0v) is 10.0. The summed E-state index contributed by atoms with van der Waals surface area (Å²) in [7, 11) is 0. The van der Waals surface area contributed by atoms with Crippen molar-refractivity contribution in [1.29, 1.82) is 5.26 Å². The number of rotatable bonds is 1. The van der Waals surface area contributed by atoms with E-state index in [0.29, 0.717) is 4.70 Å². The van der Waals surface area contributed by atoms with Crippen LogP contribution in [0.5, 0.6) is 0 Å². The minimum Gasteiger partial charge on any atom is -0.205 e. The molecule has 1 nitrogen and oxygen atoms in total. The summed E-state index contributed by atoms with van der Waals surface area (Å²) < 4.78 is 15.1. The van der Waals surface area contributed by atoms with Crippen LogP contribution in [0.2, 0.25) is 0 Å². The van der Waals surface area contributed by atoms with Crippen molar-refractivity contribution < 1.29 is 4.39 Å². The zero-order valence-electron chi connectivity index (χ0n) is 7.05. The Kier molecular flexibility index (Phi) is 2.70. The van der Waals surface area contributed by atoms with E-state index >= 15 is 0 Å². The molecular formula is C10H5FINS. The molecule has 0 radical (unpaired) electrons. The van der Waals surface area contributed by atoms with E-state index in [-0.39, 0.29) is 12.2 Å². The van der Waals surface area contributed by atoms with Crippen LogP contribution < -0.4 is 0 Å². The molecule has 0 spiro atoms.